The smallest absolute Gasteiger partial charge is 0.138 e. The standard InChI is InChI=1S/C10H16O2S2/c1-3-6-10(9(11)4-2)13-7-5-8-14(10)12/h3-4,6,9,11H,2,5,7-8H2,1H3/b6-3+/t9-,10+,14?/m1/s1. The summed E-state index contributed by atoms with van der Waals surface area (Å²) in [6.07, 6.45) is 5.39. The van der Waals surface area contributed by atoms with Crippen molar-refractivity contribution in [1.29, 1.82) is 0 Å². The molecule has 0 bridgehead atoms. The van der Waals surface area contributed by atoms with Gasteiger partial charge in [-0.3, -0.25) is 4.21 Å². The van der Waals surface area contributed by atoms with Gasteiger partial charge in [0, 0.05) is 16.6 Å². The van der Waals surface area contributed by atoms with Crippen molar-refractivity contribution in [2.75, 3.05) is 11.5 Å². The number of thioether (sulfide) groups is 1. The average Bonchev–Trinajstić information content (AvgIpc) is 2.20. The Balaban J connectivity index is 3.00. The summed E-state index contributed by atoms with van der Waals surface area (Å²) in [4.78, 5) is 0. The van der Waals surface area contributed by atoms with Crippen LogP contribution in [0.25, 0.3) is 0 Å². The maximum absolute atomic E-state index is 11.9. The van der Waals surface area contributed by atoms with E-state index in [0.29, 0.717) is 5.75 Å². The first-order valence-electron chi connectivity index (χ1n) is 4.64. The fourth-order valence-electron chi connectivity index (χ4n) is 1.49. The molecule has 0 radical (unpaired) electrons. The summed E-state index contributed by atoms with van der Waals surface area (Å²) in [6.45, 7) is 5.44. The third kappa shape index (κ3) is 2.12. The Kier molecular flexibility index (Phi) is 4.41. The van der Waals surface area contributed by atoms with Crippen molar-refractivity contribution in [3.63, 3.8) is 0 Å². The van der Waals surface area contributed by atoms with E-state index in [0.717, 1.165) is 12.2 Å². The molecule has 0 aromatic carbocycles. The largest absolute Gasteiger partial charge is 0.386 e. The van der Waals surface area contributed by atoms with Crippen molar-refractivity contribution in [2.45, 2.75) is 23.5 Å². The minimum atomic E-state index is -1.01. The van der Waals surface area contributed by atoms with E-state index in [1.165, 1.54) is 6.08 Å². The van der Waals surface area contributed by atoms with Gasteiger partial charge in [0.05, 0.1) is 0 Å². The highest BCUT2D eigenvalue weighted by molar-refractivity contribution is 8.13. The van der Waals surface area contributed by atoms with E-state index in [4.69, 9.17) is 0 Å². The Labute approximate surface area is 91.9 Å². The van der Waals surface area contributed by atoms with Crippen LogP contribution in [0.4, 0.5) is 0 Å². The molecular weight excluding hydrogens is 216 g/mol. The van der Waals surface area contributed by atoms with Gasteiger partial charge in [0.1, 0.15) is 10.2 Å². The fourth-order valence-corrected chi connectivity index (χ4v) is 5.18. The van der Waals surface area contributed by atoms with Crippen LogP contribution in [0.5, 0.6) is 0 Å². The lowest BCUT2D eigenvalue weighted by molar-refractivity contribution is 0.221. The lowest BCUT2D eigenvalue weighted by atomic mass is 10.2. The summed E-state index contributed by atoms with van der Waals surface area (Å²) in [6, 6.07) is 0. The van der Waals surface area contributed by atoms with Gasteiger partial charge in [-0.25, -0.2) is 0 Å². The molecule has 0 spiro atoms. The van der Waals surface area contributed by atoms with Crippen molar-refractivity contribution in [3.8, 4) is 0 Å². The van der Waals surface area contributed by atoms with E-state index >= 15 is 0 Å². The number of allylic oxidation sites excluding steroid dienone is 1. The molecule has 1 aliphatic heterocycles. The summed E-state index contributed by atoms with van der Waals surface area (Å²) in [5.74, 6) is 1.61. The minimum Gasteiger partial charge on any atom is -0.386 e. The third-order valence-electron chi connectivity index (χ3n) is 2.19. The van der Waals surface area contributed by atoms with Gasteiger partial charge >= 0.3 is 0 Å². The van der Waals surface area contributed by atoms with Crippen LogP contribution in [-0.4, -0.2) is 31.0 Å². The van der Waals surface area contributed by atoms with Gasteiger partial charge in [-0.2, -0.15) is 0 Å². The Hall–Kier alpha value is -0.0600. The zero-order valence-corrected chi connectivity index (χ0v) is 9.94. The molecule has 1 N–H and O–H groups in total. The molecule has 0 aromatic rings. The van der Waals surface area contributed by atoms with Gasteiger partial charge in [0.15, 0.2) is 0 Å². The zero-order chi connectivity index (χ0) is 10.6. The minimum absolute atomic E-state index is 0.658. The molecular formula is C10H16O2S2. The molecule has 0 amide bonds. The van der Waals surface area contributed by atoms with Gasteiger partial charge < -0.3 is 5.11 Å². The first-order chi connectivity index (χ1) is 6.67. The van der Waals surface area contributed by atoms with Crippen molar-refractivity contribution in [3.05, 3.63) is 24.8 Å². The predicted molar refractivity (Wildman–Crippen MR) is 63.8 cm³/mol. The number of hydrogen-bond acceptors (Lipinski definition) is 3. The Bertz CT molecular complexity index is 263. The number of rotatable bonds is 3. The first-order valence-corrected chi connectivity index (χ1v) is 6.94. The van der Waals surface area contributed by atoms with Crippen LogP contribution < -0.4 is 0 Å². The van der Waals surface area contributed by atoms with E-state index in [9.17, 15) is 9.32 Å². The highest BCUT2D eigenvalue weighted by Gasteiger charge is 2.42. The van der Waals surface area contributed by atoms with Crippen LogP contribution >= 0.6 is 11.8 Å². The van der Waals surface area contributed by atoms with Crippen molar-refractivity contribution >= 4 is 22.6 Å². The number of aliphatic hydroxyl groups excluding tert-OH is 1. The topological polar surface area (TPSA) is 37.3 Å². The van der Waals surface area contributed by atoms with Crippen LogP contribution in [0.2, 0.25) is 0 Å². The molecule has 4 heteroatoms. The van der Waals surface area contributed by atoms with Crippen molar-refractivity contribution in [1.82, 2.24) is 0 Å². The predicted octanol–water partition coefficient (Wildman–Crippen LogP) is 1.69. The monoisotopic (exact) mass is 232 g/mol. The normalized spacial score (nSPS) is 35.7. The second-order valence-corrected chi connectivity index (χ2v) is 6.56. The third-order valence-corrected chi connectivity index (χ3v) is 6.17. The average molecular weight is 232 g/mol. The summed E-state index contributed by atoms with van der Waals surface area (Å²) in [7, 11) is -1.01. The second kappa shape index (κ2) is 5.14. The van der Waals surface area contributed by atoms with Gasteiger partial charge in [0.25, 0.3) is 0 Å². The summed E-state index contributed by atoms with van der Waals surface area (Å²) < 4.78 is 11.3. The van der Waals surface area contributed by atoms with Crippen LogP contribution in [0.1, 0.15) is 13.3 Å². The SMILES string of the molecule is C=C[C@@H](O)[C@@]1(/C=C/C)SCCCS1=O. The van der Waals surface area contributed by atoms with E-state index in [1.54, 1.807) is 11.8 Å². The Morgan fingerprint density at radius 2 is 2.43 bits per heavy atom. The zero-order valence-electron chi connectivity index (χ0n) is 8.31. The number of aliphatic hydroxyl groups is 1. The lowest BCUT2D eigenvalue weighted by Crippen LogP contribution is -2.44. The van der Waals surface area contributed by atoms with Gasteiger partial charge in [-0.05, 0) is 19.1 Å². The lowest BCUT2D eigenvalue weighted by Gasteiger charge is -2.35. The molecule has 0 saturated carbocycles. The van der Waals surface area contributed by atoms with E-state index in [2.05, 4.69) is 6.58 Å². The molecule has 14 heavy (non-hydrogen) atoms. The van der Waals surface area contributed by atoms with Gasteiger partial charge in [0.2, 0.25) is 0 Å². The maximum Gasteiger partial charge on any atom is 0.138 e. The maximum atomic E-state index is 11.9. The van der Waals surface area contributed by atoms with Crippen molar-refractivity contribution in [2.24, 2.45) is 0 Å². The molecule has 2 nitrogen and oxygen atoms in total. The number of hydrogen-bond donors (Lipinski definition) is 1. The molecule has 1 rings (SSSR count). The molecule has 1 heterocycles. The van der Waals surface area contributed by atoms with E-state index in [-0.39, 0.29) is 0 Å². The van der Waals surface area contributed by atoms with Gasteiger partial charge in [-0.1, -0.05) is 18.2 Å². The molecule has 3 atom stereocenters. The van der Waals surface area contributed by atoms with Gasteiger partial charge in [-0.15, -0.1) is 18.3 Å². The van der Waals surface area contributed by atoms with Crippen molar-refractivity contribution < 1.29 is 9.32 Å². The second-order valence-electron chi connectivity index (χ2n) is 3.15. The molecule has 1 fully saturated rings. The molecule has 0 aliphatic carbocycles. The highest BCUT2D eigenvalue weighted by Crippen LogP contribution is 2.39. The fraction of sp³-hybridized carbons (Fsp3) is 0.600. The molecule has 0 aromatic heterocycles. The van der Waals surface area contributed by atoms with E-state index < -0.39 is 21.0 Å². The molecule has 1 unspecified atom stereocenters. The summed E-state index contributed by atoms with van der Waals surface area (Å²) >= 11 is 1.57. The Morgan fingerprint density at radius 3 is 2.93 bits per heavy atom. The highest BCUT2D eigenvalue weighted by atomic mass is 32.2. The quantitative estimate of drug-likeness (QED) is 0.752. The Morgan fingerprint density at radius 1 is 1.71 bits per heavy atom. The molecule has 1 saturated heterocycles. The molecule has 1 aliphatic rings. The molecule has 80 valence electrons. The summed E-state index contributed by atoms with van der Waals surface area (Å²) in [5.41, 5.74) is 0. The van der Waals surface area contributed by atoms with Crippen LogP contribution in [0.15, 0.2) is 24.8 Å². The van der Waals surface area contributed by atoms with Crippen LogP contribution in [0, 0.1) is 0 Å². The van der Waals surface area contributed by atoms with E-state index in [1.807, 2.05) is 19.1 Å². The first kappa shape index (κ1) is 12.0. The van der Waals surface area contributed by atoms with Crippen LogP contribution in [0.3, 0.4) is 0 Å². The summed E-state index contributed by atoms with van der Waals surface area (Å²) in [5, 5.41) is 9.85. The van der Waals surface area contributed by atoms with Crippen LogP contribution in [-0.2, 0) is 10.8 Å².